The van der Waals surface area contributed by atoms with Crippen LogP contribution in [-0.4, -0.2) is 49.6 Å². The molecule has 0 bridgehead atoms. The van der Waals surface area contributed by atoms with Crippen molar-refractivity contribution in [2.24, 2.45) is 0 Å². The SMILES string of the molecule is Cc1cc(C)n2nc(CC(=O)N3CC[C@H](Oc4ccccc4)C3)nc2n1. The third-order valence-corrected chi connectivity index (χ3v) is 4.52. The summed E-state index contributed by atoms with van der Waals surface area (Å²) in [6.07, 6.45) is 1.04. The number of likely N-dealkylation sites (tertiary alicyclic amines) is 1. The van der Waals surface area contributed by atoms with E-state index in [1.807, 2.05) is 55.1 Å². The summed E-state index contributed by atoms with van der Waals surface area (Å²) in [6.45, 7) is 5.16. The number of carbonyl (C=O) groups excluding carboxylic acids is 1. The fourth-order valence-electron chi connectivity index (χ4n) is 3.27. The van der Waals surface area contributed by atoms with Crippen LogP contribution < -0.4 is 4.74 Å². The Morgan fingerprint density at radius 1 is 1.23 bits per heavy atom. The molecule has 1 aliphatic heterocycles. The Bertz CT molecular complexity index is 938. The van der Waals surface area contributed by atoms with E-state index in [-0.39, 0.29) is 18.4 Å². The van der Waals surface area contributed by atoms with Crippen LogP contribution in [0.1, 0.15) is 23.6 Å². The number of nitrogens with zero attached hydrogens (tertiary/aromatic N) is 5. The number of hydrogen-bond donors (Lipinski definition) is 0. The molecular formula is C19H21N5O2. The Morgan fingerprint density at radius 3 is 2.85 bits per heavy atom. The van der Waals surface area contributed by atoms with Crippen molar-refractivity contribution in [2.45, 2.75) is 32.8 Å². The van der Waals surface area contributed by atoms with E-state index in [0.717, 1.165) is 23.6 Å². The lowest BCUT2D eigenvalue weighted by atomic mass is 10.3. The van der Waals surface area contributed by atoms with E-state index < -0.39 is 0 Å². The lowest BCUT2D eigenvalue weighted by molar-refractivity contribution is -0.129. The van der Waals surface area contributed by atoms with Crippen LogP contribution in [0.3, 0.4) is 0 Å². The lowest BCUT2D eigenvalue weighted by Gasteiger charge is -2.16. The Morgan fingerprint density at radius 2 is 2.04 bits per heavy atom. The van der Waals surface area contributed by atoms with Crippen molar-refractivity contribution in [3.05, 3.63) is 53.6 Å². The Kier molecular flexibility index (Phi) is 4.28. The average Bonchev–Trinajstić information content (AvgIpc) is 3.22. The van der Waals surface area contributed by atoms with Crippen LogP contribution in [-0.2, 0) is 11.2 Å². The highest BCUT2D eigenvalue weighted by Gasteiger charge is 2.28. The highest BCUT2D eigenvalue weighted by Crippen LogP contribution is 2.18. The minimum atomic E-state index is 0.0226. The molecule has 1 amide bonds. The number of aromatic nitrogens is 4. The molecule has 1 saturated heterocycles. The van der Waals surface area contributed by atoms with Crippen molar-refractivity contribution >= 4 is 11.7 Å². The van der Waals surface area contributed by atoms with E-state index in [0.29, 0.717) is 24.7 Å². The second kappa shape index (κ2) is 6.74. The third kappa shape index (κ3) is 3.37. The molecule has 0 spiro atoms. The first-order chi connectivity index (χ1) is 12.6. The standard InChI is InChI=1S/C19H21N5O2/c1-13-10-14(2)24-19(20-13)21-17(22-24)11-18(25)23-9-8-16(12-23)26-15-6-4-3-5-7-15/h3-7,10,16H,8-9,11-12H2,1-2H3/t16-/m0/s1. The first kappa shape index (κ1) is 16.5. The Balaban J connectivity index is 1.40. The van der Waals surface area contributed by atoms with Gasteiger partial charge in [-0.15, -0.1) is 5.10 Å². The van der Waals surface area contributed by atoms with Gasteiger partial charge < -0.3 is 9.64 Å². The van der Waals surface area contributed by atoms with Crippen LogP contribution in [0.15, 0.2) is 36.4 Å². The summed E-state index contributed by atoms with van der Waals surface area (Å²) in [7, 11) is 0. The van der Waals surface area contributed by atoms with Gasteiger partial charge in [-0.25, -0.2) is 9.50 Å². The smallest absolute Gasteiger partial charge is 0.252 e. The van der Waals surface area contributed by atoms with Gasteiger partial charge in [0.05, 0.1) is 13.0 Å². The minimum Gasteiger partial charge on any atom is -0.489 e. The van der Waals surface area contributed by atoms with E-state index in [1.54, 1.807) is 4.52 Å². The zero-order valence-electron chi connectivity index (χ0n) is 14.9. The summed E-state index contributed by atoms with van der Waals surface area (Å²) in [6, 6.07) is 11.7. The number of ether oxygens (including phenoxy) is 1. The monoisotopic (exact) mass is 351 g/mol. The van der Waals surface area contributed by atoms with Gasteiger partial charge in [0.2, 0.25) is 5.91 Å². The van der Waals surface area contributed by atoms with Gasteiger partial charge in [-0.3, -0.25) is 4.79 Å². The Labute approximate surface area is 151 Å². The molecule has 1 aliphatic rings. The van der Waals surface area contributed by atoms with Crippen molar-refractivity contribution in [2.75, 3.05) is 13.1 Å². The molecule has 0 saturated carbocycles. The first-order valence-electron chi connectivity index (χ1n) is 8.78. The van der Waals surface area contributed by atoms with Crippen molar-refractivity contribution in [1.82, 2.24) is 24.5 Å². The van der Waals surface area contributed by atoms with Crippen LogP contribution >= 0.6 is 0 Å². The minimum absolute atomic E-state index is 0.0226. The molecule has 7 heteroatoms. The zero-order valence-corrected chi connectivity index (χ0v) is 14.9. The number of para-hydroxylation sites is 1. The zero-order chi connectivity index (χ0) is 18.1. The second-order valence-electron chi connectivity index (χ2n) is 6.64. The summed E-state index contributed by atoms with van der Waals surface area (Å²) < 4.78 is 7.63. The van der Waals surface area contributed by atoms with Gasteiger partial charge in [-0.1, -0.05) is 18.2 Å². The largest absolute Gasteiger partial charge is 0.489 e. The van der Waals surface area contributed by atoms with Crippen LogP contribution in [0, 0.1) is 13.8 Å². The topological polar surface area (TPSA) is 72.6 Å². The molecule has 1 fully saturated rings. The molecule has 4 rings (SSSR count). The van der Waals surface area contributed by atoms with E-state index >= 15 is 0 Å². The van der Waals surface area contributed by atoms with Gasteiger partial charge in [0.15, 0.2) is 5.82 Å². The summed E-state index contributed by atoms with van der Waals surface area (Å²) in [4.78, 5) is 23.2. The summed E-state index contributed by atoms with van der Waals surface area (Å²) in [5.74, 6) is 1.90. The molecule has 0 radical (unpaired) electrons. The van der Waals surface area contributed by atoms with Gasteiger partial charge in [-0.05, 0) is 32.0 Å². The number of aryl methyl sites for hydroxylation is 2. The molecule has 0 aliphatic carbocycles. The van der Waals surface area contributed by atoms with E-state index in [1.165, 1.54) is 0 Å². The summed E-state index contributed by atoms with van der Waals surface area (Å²) >= 11 is 0. The second-order valence-corrected chi connectivity index (χ2v) is 6.64. The average molecular weight is 351 g/mol. The molecule has 134 valence electrons. The lowest BCUT2D eigenvalue weighted by Crippen LogP contribution is -2.32. The molecule has 26 heavy (non-hydrogen) atoms. The molecule has 3 aromatic rings. The van der Waals surface area contributed by atoms with Crippen molar-refractivity contribution < 1.29 is 9.53 Å². The van der Waals surface area contributed by atoms with Crippen LogP contribution in [0.4, 0.5) is 0 Å². The summed E-state index contributed by atoms with van der Waals surface area (Å²) in [5.41, 5.74) is 1.84. The molecule has 1 aromatic carbocycles. The molecule has 0 unspecified atom stereocenters. The Hall–Kier alpha value is -2.96. The predicted octanol–water partition coefficient (Wildman–Crippen LogP) is 1.96. The highest BCUT2D eigenvalue weighted by molar-refractivity contribution is 5.78. The number of hydrogen-bond acceptors (Lipinski definition) is 5. The molecule has 1 atom stereocenters. The molecule has 7 nitrogen and oxygen atoms in total. The number of fused-ring (bicyclic) bond motifs is 1. The number of benzene rings is 1. The van der Waals surface area contributed by atoms with Gasteiger partial charge in [0.1, 0.15) is 11.9 Å². The van der Waals surface area contributed by atoms with Crippen LogP contribution in [0.2, 0.25) is 0 Å². The van der Waals surface area contributed by atoms with Gasteiger partial charge in [0.25, 0.3) is 5.78 Å². The van der Waals surface area contributed by atoms with Crippen LogP contribution in [0.5, 0.6) is 5.75 Å². The summed E-state index contributed by atoms with van der Waals surface area (Å²) in [5, 5.41) is 4.42. The van der Waals surface area contributed by atoms with E-state index in [2.05, 4.69) is 15.1 Å². The molecule has 0 N–H and O–H groups in total. The quantitative estimate of drug-likeness (QED) is 0.718. The van der Waals surface area contributed by atoms with Crippen molar-refractivity contribution in [3.63, 3.8) is 0 Å². The van der Waals surface area contributed by atoms with E-state index in [4.69, 9.17) is 4.74 Å². The predicted molar refractivity (Wildman–Crippen MR) is 96.0 cm³/mol. The number of amides is 1. The fourth-order valence-corrected chi connectivity index (χ4v) is 3.27. The highest BCUT2D eigenvalue weighted by atomic mass is 16.5. The maximum atomic E-state index is 12.6. The maximum Gasteiger partial charge on any atom is 0.252 e. The normalized spacial score (nSPS) is 17.0. The van der Waals surface area contributed by atoms with Crippen molar-refractivity contribution in [3.8, 4) is 5.75 Å². The van der Waals surface area contributed by atoms with Gasteiger partial charge in [0, 0.05) is 24.4 Å². The maximum absolute atomic E-state index is 12.6. The molecule has 3 heterocycles. The molecular weight excluding hydrogens is 330 g/mol. The fraction of sp³-hybridized carbons (Fsp3) is 0.368. The number of rotatable bonds is 4. The third-order valence-electron chi connectivity index (χ3n) is 4.52. The van der Waals surface area contributed by atoms with Crippen molar-refractivity contribution in [1.29, 1.82) is 0 Å². The van der Waals surface area contributed by atoms with Gasteiger partial charge in [-0.2, -0.15) is 4.98 Å². The van der Waals surface area contributed by atoms with Crippen LogP contribution in [0.25, 0.3) is 5.78 Å². The van der Waals surface area contributed by atoms with Gasteiger partial charge >= 0.3 is 0 Å². The molecule has 2 aromatic heterocycles. The number of carbonyl (C=O) groups is 1. The first-order valence-corrected chi connectivity index (χ1v) is 8.78. The van der Waals surface area contributed by atoms with E-state index in [9.17, 15) is 4.79 Å².